The molecule has 0 heterocycles. The summed E-state index contributed by atoms with van der Waals surface area (Å²) in [6, 6.07) is 0. The van der Waals surface area contributed by atoms with Crippen LogP contribution >= 0.6 is 0 Å². The van der Waals surface area contributed by atoms with Crippen molar-refractivity contribution in [3.63, 3.8) is 0 Å². The Morgan fingerprint density at radius 2 is 0.300 bits per heavy atom. The Morgan fingerprint density at radius 3 is 0.300 bits per heavy atom. The zero-order valence-electron chi connectivity index (χ0n) is 3.69. The zero-order chi connectivity index (χ0) is 0. The second kappa shape index (κ2) is 167. The fourth-order valence-corrected chi connectivity index (χ4v) is 0. The van der Waals surface area contributed by atoms with Gasteiger partial charge in [-0.3, -0.25) is 0 Å². The molecule has 0 aliphatic heterocycles. The van der Waals surface area contributed by atoms with Crippen molar-refractivity contribution in [1.82, 2.24) is 0 Å². The monoisotopic (exact) mass is 422 g/mol. The number of nitrogens with zero attached hydrogens (tertiary/aromatic N) is 4. The normalized spacial score (nSPS) is 0. The van der Waals surface area contributed by atoms with E-state index in [-0.39, 0.29) is 126 Å². The summed E-state index contributed by atoms with van der Waals surface area (Å²) in [5, 5.41) is 0. The first-order chi connectivity index (χ1) is 0. The van der Waals surface area contributed by atoms with Crippen LogP contribution in [0.4, 0.5) is 0 Å². The molecule has 10 heavy (non-hydrogen) atoms. The van der Waals surface area contributed by atoms with Crippen molar-refractivity contribution < 1.29 is 102 Å². The molecular weight excluding hydrogens is 423 g/mol. The molecule has 80 valence electrons. The summed E-state index contributed by atoms with van der Waals surface area (Å²) in [6.45, 7) is 0. The third-order valence-electron chi connectivity index (χ3n) is 0. The summed E-state index contributed by atoms with van der Waals surface area (Å²) >= 11 is 0. The van der Waals surface area contributed by atoms with E-state index in [0.29, 0.717) is 0 Å². The van der Waals surface area contributed by atoms with Crippen molar-refractivity contribution >= 4 is 0 Å². The second-order valence-electron chi connectivity index (χ2n) is 0. The molecule has 0 bridgehead atoms. The van der Waals surface area contributed by atoms with E-state index in [0.717, 1.165) is 0 Å². The van der Waals surface area contributed by atoms with Gasteiger partial charge in [0.25, 0.3) is 0 Å². The van der Waals surface area contributed by atoms with E-state index >= 15 is 0 Å². The predicted octanol–water partition coefficient (Wildman–Crippen LogP) is 1.14. The molecule has 0 spiro atoms. The van der Waals surface area contributed by atoms with E-state index in [9.17, 15) is 0 Å². The molecule has 0 aliphatic rings. The predicted molar refractivity (Wildman–Crippen MR) is 13.4 cm³/mol. The van der Waals surface area contributed by atoms with Crippen molar-refractivity contribution in [1.29, 1.82) is 0 Å². The van der Waals surface area contributed by atoms with Gasteiger partial charge in [-0.15, -0.1) is 0 Å². The maximum atomic E-state index is 0. The zero-order valence-corrected chi connectivity index (χ0v) is 9.64. The van der Waals surface area contributed by atoms with Crippen LogP contribution in [0, 0.1) is 0 Å². The summed E-state index contributed by atoms with van der Waals surface area (Å²) < 4.78 is 0. The summed E-state index contributed by atoms with van der Waals surface area (Å²) in [4.78, 5) is 0. The van der Waals surface area contributed by atoms with Crippen LogP contribution in [0.5, 0.6) is 0 Å². The van der Waals surface area contributed by atoms with Crippen LogP contribution < -0.4 is 0 Å². The molecule has 0 N–H and O–H groups in total. The fourth-order valence-electron chi connectivity index (χ4n) is 0. The van der Waals surface area contributed by atoms with Crippen LogP contribution in [0.25, 0.3) is 24.6 Å². The summed E-state index contributed by atoms with van der Waals surface area (Å²) in [6.07, 6.45) is 0. The minimum Gasteiger partial charge on any atom is -3.00 e. The van der Waals surface area contributed by atoms with Gasteiger partial charge >= 0.3 is 102 Å². The summed E-state index contributed by atoms with van der Waals surface area (Å²) in [7, 11) is 0. The van der Waals surface area contributed by atoms with Gasteiger partial charge in [-0.1, -0.05) is 0 Å². The minimum absolute atomic E-state index is 0. The molecule has 4 nitrogen and oxygen atoms in total. The van der Waals surface area contributed by atoms with Gasteiger partial charge in [0.05, 0.1) is 0 Å². The molecule has 0 rings (SSSR count). The minimum atomic E-state index is 0. The quantitative estimate of drug-likeness (QED) is 0.519. The Labute approximate surface area is 125 Å². The summed E-state index contributed by atoms with van der Waals surface area (Å²) in [5.41, 5.74) is 0. The molecule has 6 radical (unpaired) electrons. The molecule has 0 unspecified atom stereocenters. The molecule has 0 aliphatic carbocycles. The van der Waals surface area contributed by atoms with Crippen LogP contribution in [-0.4, -0.2) is 0 Å². The molecule has 0 fully saturated rings. The van der Waals surface area contributed by atoms with E-state index in [1.165, 1.54) is 0 Å². The average molecular weight is 423 g/mol. The first kappa shape index (κ1) is 215. The molecule has 10 heteroatoms. The van der Waals surface area contributed by atoms with Crippen LogP contribution in [0.1, 0.15) is 0 Å². The Bertz CT molecular complexity index is 15.7. The Morgan fingerprint density at radius 1 is 0.300 bits per heavy atom. The maximum Gasteiger partial charge on any atom is 2.00 e. The van der Waals surface area contributed by atoms with E-state index in [2.05, 4.69) is 0 Å². The topological polar surface area (TPSA) is 122 Å². The van der Waals surface area contributed by atoms with Crippen molar-refractivity contribution in [2.24, 2.45) is 0 Å². The standard InChI is InChI=1S/3Co.3Cu.4N/q6*+2;4*-3. The Balaban J connectivity index is 0. The summed E-state index contributed by atoms with van der Waals surface area (Å²) in [5.74, 6) is 0. The van der Waals surface area contributed by atoms with Gasteiger partial charge in [-0.05, 0) is 0 Å². The number of rotatable bonds is 0. The first-order valence-corrected chi connectivity index (χ1v) is 0. The molecule has 0 atom stereocenters. The fraction of sp³-hybridized carbons (Fsp3) is 0. The molecule has 0 saturated heterocycles. The third kappa shape index (κ3) is 126. The Hall–Kier alpha value is 2.92. The van der Waals surface area contributed by atoms with Gasteiger partial charge in [-0.2, -0.15) is 0 Å². The molecular formula is Co3Cu3N4. The molecule has 0 amide bonds. The van der Waals surface area contributed by atoms with E-state index < -0.39 is 0 Å². The first-order valence-electron chi connectivity index (χ1n) is 0. The van der Waals surface area contributed by atoms with Crippen molar-refractivity contribution in [3.05, 3.63) is 24.6 Å². The van der Waals surface area contributed by atoms with Gasteiger partial charge in [0.1, 0.15) is 0 Å². The third-order valence-corrected chi connectivity index (χ3v) is 0. The second-order valence-corrected chi connectivity index (χ2v) is 0. The number of hydrogen-bond acceptors (Lipinski definition) is 0. The maximum absolute atomic E-state index is 0. The van der Waals surface area contributed by atoms with Gasteiger partial charge in [0, 0.05) is 0 Å². The van der Waals surface area contributed by atoms with Crippen LogP contribution in [0.3, 0.4) is 0 Å². The molecule has 0 aromatic carbocycles. The molecule has 0 saturated carbocycles. The number of hydrogen-bond donors (Lipinski definition) is 0. The van der Waals surface area contributed by atoms with Gasteiger partial charge in [0.15, 0.2) is 0 Å². The van der Waals surface area contributed by atoms with Crippen molar-refractivity contribution in [2.45, 2.75) is 0 Å². The average Bonchev–Trinajstić information content (AvgIpc) is 0. The van der Waals surface area contributed by atoms with Crippen molar-refractivity contribution in [2.75, 3.05) is 0 Å². The molecule has 0 aromatic rings. The van der Waals surface area contributed by atoms with Gasteiger partial charge < -0.3 is 24.6 Å². The van der Waals surface area contributed by atoms with Crippen LogP contribution in [-0.2, 0) is 102 Å². The molecule has 0 aromatic heterocycles. The van der Waals surface area contributed by atoms with E-state index in [4.69, 9.17) is 0 Å². The SMILES string of the molecule is [Co+2].[Co+2].[Co+2].[Cu+2].[Cu+2].[Cu+2].[N-3].[N-3].[N-3].[N-3]. The van der Waals surface area contributed by atoms with Crippen LogP contribution in [0.2, 0.25) is 0 Å². The van der Waals surface area contributed by atoms with Gasteiger partial charge in [-0.25, -0.2) is 0 Å². The van der Waals surface area contributed by atoms with E-state index in [1.807, 2.05) is 0 Å². The van der Waals surface area contributed by atoms with E-state index in [1.54, 1.807) is 0 Å². The Kier molecular flexibility index (Phi) is 3600. The largest absolute Gasteiger partial charge is 3.00 e. The van der Waals surface area contributed by atoms with Crippen LogP contribution in [0.15, 0.2) is 0 Å². The van der Waals surface area contributed by atoms with Crippen molar-refractivity contribution in [3.8, 4) is 0 Å². The van der Waals surface area contributed by atoms with Gasteiger partial charge in [0.2, 0.25) is 0 Å². The smallest absolute Gasteiger partial charge is 2.00 e.